The lowest BCUT2D eigenvalue weighted by Gasteiger charge is -2.05. The number of hydrogen-bond donors (Lipinski definition) is 0. The number of rotatable bonds is 0. The van der Waals surface area contributed by atoms with E-state index in [1.807, 2.05) is 19.1 Å². The molecule has 0 aliphatic heterocycles. The molecular formula is C13H9ClN2O. The first-order valence-electron chi connectivity index (χ1n) is 5.25. The number of pyridine rings is 1. The Balaban J connectivity index is 2.68. The summed E-state index contributed by atoms with van der Waals surface area (Å²) in [5.74, 6) is 0. The minimum atomic E-state index is -0.0869. The molecule has 1 aromatic carbocycles. The van der Waals surface area contributed by atoms with Crippen LogP contribution in [0.1, 0.15) is 5.56 Å². The average Bonchev–Trinajstić information content (AvgIpc) is 2.32. The summed E-state index contributed by atoms with van der Waals surface area (Å²) in [6, 6.07) is 9.00. The molecule has 0 saturated heterocycles. The van der Waals surface area contributed by atoms with Crippen molar-refractivity contribution in [2.45, 2.75) is 6.92 Å². The Kier molecular flexibility index (Phi) is 2.16. The van der Waals surface area contributed by atoms with Crippen LogP contribution in [0.15, 0.2) is 41.3 Å². The lowest BCUT2D eigenvalue weighted by atomic mass is 10.2. The van der Waals surface area contributed by atoms with Crippen LogP contribution in [0, 0.1) is 6.92 Å². The van der Waals surface area contributed by atoms with Crippen LogP contribution in [0.2, 0.25) is 5.02 Å². The predicted octanol–water partition coefficient (Wildman–Crippen LogP) is 2.81. The summed E-state index contributed by atoms with van der Waals surface area (Å²) < 4.78 is 1.55. The number of halogens is 1. The van der Waals surface area contributed by atoms with Crippen LogP contribution < -0.4 is 5.56 Å². The van der Waals surface area contributed by atoms with Gasteiger partial charge in [0.15, 0.2) is 0 Å². The number of para-hydroxylation sites is 1. The SMILES string of the molecule is Cc1cccn2c(=O)c3cccc(Cl)c3nc12. The highest BCUT2D eigenvalue weighted by Crippen LogP contribution is 2.20. The lowest BCUT2D eigenvalue weighted by molar-refractivity contribution is 1.06. The van der Waals surface area contributed by atoms with E-state index in [1.165, 1.54) is 0 Å². The van der Waals surface area contributed by atoms with Gasteiger partial charge in [-0.05, 0) is 30.7 Å². The maximum atomic E-state index is 12.3. The summed E-state index contributed by atoms with van der Waals surface area (Å²) in [6.45, 7) is 1.92. The molecule has 84 valence electrons. The number of benzene rings is 1. The molecule has 3 aromatic rings. The van der Waals surface area contributed by atoms with Gasteiger partial charge in [0.25, 0.3) is 5.56 Å². The van der Waals surface area contributed by atoms with E-state index in [0.29, 0.717) is 21.6 Å². The van der Waals surface area contributed by atoms with Crippen LogP contribution in [0.25, 0.3) is 16.6 Å². The van der Waals surface area contributed by atoms with Gasteiger partial charge in [0.1, 0.15) is 5.65 Å². The van der Waals surface area contributed by atoms with Gasteiger partial charge in [0.2, 0.25) is 0 Å². The molecule has 0 spiro atoms. The molecule has 0 radical (unpaired) electrons. The molecule has 3 nitrogen and oxygen atoms in total. The third-order valence-corrected chi connectivity index (χ3v) is 3.12. The maximum Gasteiger partial charge on any atom is 0.265 e. The van der Waals surface area contributed by atoms with Crippen LogP contribution in [0.5, 0.6) is 0 Å². The Hall–Kier alpha value is -1.87. The van der Waals surface area contributed by atoms with E-state index in [1.54, 1.807) is 28.8 Å². The van der Waals surface area contributed by atoms with E-state index in [4.69, 9.17) is 11.6 Å². The quantitative estimate of drug-likeness (QED) is 0.570. The standard InChI is InChI=1S/C13H9ClN2O/c1-8-4-3-7-16-12(8)15-11-9(13(16)17)5-2-6-10(11)14/h2-7H,1H3. The van der Waals surface area contributed by atoms with Gasteiger partial charge in [0.05, 0.1) is 15.9 Å². The van der Waals surface area contributed by atoms with Crippen molar-refractivity contribution in [3.63, 3.8) is 0 Å². The van der Waals surface area contributed by atoms with Crippen molar-refractivity contribution in [1.82, 2.24) is 9.38 Å². The molecule has 0 N–H and O–H groups in total. The minimum absolute atomic E-state index is 0.0869. The smallest absolute Gasteiger partial charge is 0.265 e. The number of aryl methyl sites for hydroxylation is 1. The summed E-state index contributed by atoms with van der Waals surface area (Å²) in [5.41, 5.74) is 2.08. The summed E-state index contributed by atoms with van der Waals surface area (Å²) in [6.07, 6.45) is 1.72. The van der Waals surface area contributed by atoms with Gasteiger partial charge in [0, 0.05) is 6.20 Å². The second kappa shape index (κ2) is 3.57. The van der Waals surface area contributed by atoms with Crippen molar-refractivity contribution in [3.8, 4) is 0 Å². The zero-order valence-electron chi connectivity index (χ0n) is 9.14. The molecule has 17 heavy (non-hydrogen) atoms. The highest BCUT2D eigenvalue weighted by Gasteiger charge is 2.08. The van der Waals surface area contributed by atoms with E-state index in [2.05, 4.69) is 4.98 Å². The van der Waals surface area contributed by atoms with E-state index < -0.39 is 0 Å². The van der Waals surface area contributed by atoms with Crippen molar-refractivity contribution < 1.29 is 0 Å². The molecule has 0 atom stereocenters. The molecule has 0 aliphatic carbocycles. The highest BCUT2D eigenvalue weighted by atomic mass is 35.5. The minimum Gasteiger partial charge on any atom is -0.268 e. The largest absolute Gasteiger partial charge is 0.268 e. The Labute approximate surface area is 102 Å². The fourth-order valence-electron chi connectivity index (χ4n) is 1.95. The Morgan fingerprint density at radius 1 is 1.24 bits per heavy atom. The summed E-state index contributed by atoms with van der Waals surface area (Å²) in [4.78, 5) is 16.7. The summed E-state index contributed by atoms with van der Waals surface area (Å²) in [5, 5.41) is 1.05. The lowest BCUT2D eigenvalue weighted by Crippen LogP contribution is -2.15. The van der Waals surface area contributed by atoms with Crippen LogP contribution >= 0.6 is 11.6 Å². The van der Waals surface area contributed by atoms with Crippen LogP contribution in [-0.4, -0.2) is 9.38 Å². The molecule has 0 aliphatic rings. The maximum absolute atomic E-state index is 12.3. The second-order valence-electron chi connectivity index (χ2n) is 3.94. The zero-order valence-corrected chi connectivity index (χ0v) is 9.90. The average molecular weight is 245 g/mol. The Bertz CT molecular complexity index is 729. The highest BCUT2D eigenvalue weighted by molar-refractivity contribution is 6.35. The van der Waals surface area contributed by atoms with Crippen LogP contribution in [0.4, 0.5) is 0 Å². The molecule has 0 unspecified atom stereocenters. The Morgan fingerprint density at radius 3 is 2.88 bits per heavy atom. The summed E-state index contributed by atoms with van der Waals surface area (Å²) in [7, 11) is 0. The fraction of sp³-hybridized carbons (Fsp3) is 0.0769. The van der Waals surface area contributed by atoms with Crippen molar-refractivity contribution in [2.24, 2.45) is 0 Å². The van der Waals surface area contributed by atoms with E-state index in [-0.39, 0.29) is 5.56 Å². The molecule has 2 heterocycles. The van der Waals surface area contributed by atoms with Gasteiger partial charge in [-0.2, -0.15) is 0 Å². The molecule has 0 saturated carbocycles. The molecule has 3 rings (SSSR count). The first-order chi connectivity index (χ1) is 8.18. The Morgan fingerprint density at radius 2 is 2.06 bits per heavy atom. The second-order valence-corrected chi connectivity index (χ2v) is 4.34. The third-order valence-electron chi connectivity index (χ3n) is 2.82. The molecule has 0 amide bonds. The number of fused-ring (bicyclic) bond motifs is 2. The van der Waals surface area contributed by atoms with Gasteiger partial charge < -0.3 is 0 Å². The first kappa shape index (κ1) is 10.3. The molecular weight excluding hydrogens is 236 g/mol. The van der Waals surface area contributed by atoms with Crippen molar-refractivity contribution in [2.75, 3.05) is 0 Å². The molecule has 4 heteroatoms. The van der Waals surface area contributed by atoms with Gasteiger partial charge in [-0.25, -0.2) is 4.98 Å². The van der Waals surface area contributed by atoms with Crippen molar-refractivity contribution in [1.29, 1.82) is 0 Å². The topological polar surface area (TPSA) is 34.4 Å². The van der Waals surface area contributed by atoms with E-state index in [0.717, 1.165) is 5.56 Å². The van der Waals surface area contributed by atoms with E-state index in [9.17, 15) is 4.79 Å². The predicted molar refractivity (Wildman–Crippen MR) is 68.7 cm³/mol. The van der Waals surface area contributed by atoms with Crippen LogP contribution in [-0.2, 0) is 0 Å². The number of hydrogen-bond acceptors (Lipinski definition) is 2. The van der Waals surface area contributed by atoms with Crippen molar-refractivity contribution >= 4 is 28.2 Å². The fourth-order valence-corrected chi connectivity index (χ4v) is 2.17. The third kappa shape index (κ3) is 1.43. The normalized spacial score (nSPS) is 11.2. The van der Waals surface area contributed by atoms with Gasteiger partial charge in [-0.1, -0.05) is 23.7 Å². The van der Waals surface area contributed by atoms with Gasteiger partial charge >= 0.3 is 0 Å². The number of nitrogens with zero attached hydrogens (tertiary/aromatic N) is 2. The van der Waals surface area contributed by atoms with Crippen molar-refractivity contribution in [3.05, 3.63) is 57.5 Å². The first-order valence-corrected chi connectivity index (χ1v) is 5.62. The van der Waals surface area contributed by atoms with Crippen LogP contribution in [0.3, 0.4) is 0 Å². The van der Waals surface area contributed by atoms with Gasteiger partial charge in [-0.3, -0.25) is 9.20 Å². The molecule has 2 aromatic heterocycles. The number of aromatic nitrogens is 2. The van der Waals surface area contributed by atoms with E-state index >= 15 is 0 Å². The molecule has 0 fully saturated rings. The monoisotopic (exact) mass is 244 g/mol. The van der Waals surface area contributed by atoms with Gasteiger partial charge in [-0.15, -0.1) is 0 Å². The zero-order chi connectivity index (χ0) is 12.0. The molecule has 0 bridgehead atoms. The summed E-state index contributed by atoms with van der Waals surface area (Å²) >= 11 is 6.07.